The number of nitrogens with zero attached hydrogens (tertiary/aromatic N) is 3. The van der Waals surface area contributed by atoms with E-state index in [1.165, 1.54) is 13.3 Å². The lowest BCUT2D eigenvalue weighted by atomic mass is 10.1. The molecule has 1 fully saturated rings. The number of anilines is 1. The topological polar surface area (TPSA) is 82.1 Å². The number of hydrogen-bond donors (Lipinski definition) is 1. The van der Waals surface area contributed by atoms with Crippen molar-refractivity contribution in [2.45, 2.75) is 45.1 Å². The fourth-order valence-corrected chi connectivity index (χ4v) is 3.47. The molecule has 7 heteroatoms. The number of ketones is 1. The number of benzene rings is 1. The summed E-state index contributed by atoms with van der Waals surface area (Å²) >= 11 is 0. The summed E-state index contributed by atoms with van der Waals surface area (Å²) in [4.78, 5) is 38.5. The highest BCUT2D eigenvalue weighted by Gasteiger charge is 2.34. The quantitative estimate of drug-likeness (QED) is 0.827. The molecule has 144 valence electrons. The van der Waals surface area contributed by atoms with Crippen molar-refractivity contribution in [3.05, 3.63) is 30.3 Å². The van der Waals surface area contributed by atoms with Crippen LogP contribution >= 0.6 is 0 Å². The average Bonchev–Trinajstić information content (AvgIpc) is 3.15. The summed E-state index contributed by atoms with van der Waals surface area (Å²) in [6.45, 7) is 3.41. The monoisotopic (exact) mass is 370 g/mol. The number of rotatable bonds is 6. The Morgan fingerprint density at radius 3 is 2.48 bits per heavy atom. The number of carbonyl (C=O) groups excluding carboxylic acids is 3. The highest BCUT2D eigenvalue weighted by Crippen LogP contribution is 2.24. The minimum Gasteiger partial charge on any atom is -0.350 e. The van der Waals surface area contributed by atoms with E-state index in [-0.39, 0.29) is 37.0 Å². The van der Waals surface area contributed by atoms with Gasteiger partial charge in [0.05, 0.1) is 5.69 Å². The van der Waals surface area contributed by atoms with Gasteiger partial charge in [-0.05, 0) is 38.3 Å². The zero-order chi connectivity index (χ0) is 19.2. The van der Waals surface area contributed by atoms with Crippen LogP contribution in [-0.4, -0.2) is 53.9 Å². The van der Waals surface area contributed by atoms with Crippen LogP contribution in [0.4, 0.5) is 5.69 Å². The van der Waals surface area contributed by atoms with E-state index in [1.54, 1.807) is 5.01 Å². The summed E-state index contributed by atoms with van der Waals surface area (Å²) in [5.41, 5.74) is 1.10. The predicted octanol–water partition coefficient (Wildman–Crippen LogP) is 1.73. The van der Waals surface area contributed by atoms with Gasteiger partial charge in [-0.2, -0.15) is 5.10 Å². The third-order valence-corrected chi connectivity index (χ3v) is 5.00. The second kappa shape index (κ2) is 8.79. The van der Waals surface area contributed by atoms with Crippen LogP contribution in [0.25, 0.3) is 0 Å². The fourth-order valence-electron chi connectivity index (χ4n) is 3.47. The van der Waals surface area contributed by atoms with Crippen molar-refractivity contribution in [1.29, 1.82) is 0 Å². The molecular weight excluding hydrogens is 344 g/mol. The van der Waals surface area contributed by atoms with Crippen LogP contribution in [0.2, 0.25) is 0 Å². The van der Waals surface area contributed by atoms with E-state index in [2.05, 4.69) is 10.4 Å². The van der Waals surface area contributed by atoms with Crippen molar-refractivity contribution >= 4 is 29.0 Å². The smallest absolute Gasteiger partial charge is 0.267 e. The molecule has 1 atom stereocenters. The van der Waals surface area contributed by atoms with Crippen molar-refractivity contribution in [3.8, 4) is 0 Å². The van der Waals surface area contributed by atoms with Gasteiger partial charge in [0.2, 0.25) is 5.91 Å². The van der Waals surface area contributed by atoms with Crippen LogP contribution in [0.3, 0.4) is 0 Å². The second-order valence-electron chi connectivity index (χ2n) is 7.00. The first-order valence-corrected chi connectivity index (χ1v) is 9.54. The Hall–Kier alpha value is -2.70. The van der Waals surface area contributed by atoms with Gasteiger partial charge >= 0.3 is 0 Å². The molecule has 0 aliphatic carbocycles. The zero-order valence-corrected chi connectivity index (χ0v) is 15.7. The highest BCUT2D eigenvalue weighted by atomic mass is 16.2. The highest BCUT2D eigenvalue weighted by molar-refractivity contribution is 6.40. The number of likely N-dealkylation sites (tertiary alicyclic amines) is 1. The molecule has 0 saturated carbocycles. The van der Waals surface area contributed by atoms with E-state index < -0.39 is 6.04 Å². The minimum atomic E-state index is -0.469. The second-order valence-corrected chi connectivity index (χ2v) is 7.00. The summed E-state index contributed by atoms with van der Waals surface area (Å²) in [5, 5.41) is 8.75. The Kier molecular flexibility index (Phi) is 6.21. The van der Waals surface area contributed by atoms with Crippen molar-refractivity contribution in [1.82, 2.24) is 10.2 Å². The van der Waals surface area contributed by atoms with E-state index in [1.807, 2.05) is 35.2 Å². The predicted molar refractivity (Wildman–Crippen MR) is 103 cm³/mol. The van der Waals surface area contributed by atoms with Crippen molar-refractivity contribution in [3.63, 3.8) is 0 Å². The molecule has 0 aromatic heterocycles. The molecule has 27 heavy (non-hydrogen) atoms. The zero-order valence-electron chi connectivity index (χ0n) is 15.7. The van der Waals surface area contributed by atoms with Gasteiger partial charge in [0.1, 0.15) is 11.8 Å². The van der Waals surface area contributed by atoms with E-state index >= 15 is 0 Å². The maximum Gasteiger partial charge on any atom is 0.267 e. The minimum absolute atomic E-state index is 0.0364. The molecule has 1 aromatic rings. The van der Waals surface area contributed by atoms with Gasteiger partial charge in [0.25, 0.3) is 5.91 Å². The molecular formula is C20H26N4O3. The molecule has 2 aliphatic rings. The summed E-state index contributed by atoms with van der Waals surface area (Å²) in [6.07, 6.45) is 3.84. The molecule has 0 spiro atoms. The number of amides is 2. The molecule has 2 heterocycles. The number of carbonyl (C=O) groups is 3. The van der Waals surface area contributed by atoms with Crippen molar-refractivity contribution in [2.24, 2.45) is 5.10 Å². The van der Waals surface area contributed by atoms with Crippen LogP contribution < -0.4 is 10.3 Å². The summed E-state index contributed by atoms with van der Waals surface area (Å²) < 4.78 is 0. The van der Waals surface area contributed by atoms with Crippen LogP contribution in [0, 0.1) is 0 Å². The van der Waals surface area contributed by atoms with Gasteiger partial charge in [-0.1, -0.05) is 18.2 Å². The van der Waals surface area contributed by atoms with Crippen LogP contribution in [0.1, 0.15) is 39.0 Å². The normalized spacial score (nSPS) is 19.6. The maximum absolute atomic E-state index is 12.4. The maximum atomic E-state index is 12.4. The number of Topliss-reactive ketones (excluding diaryl/α,β-unsaturated/α-hetero) is 1. The van der Waals surface area contributed by atoms with Crippen LogP contribution in [0.5, 0.6) is 0 Å². The average molecular weight is 370 g/mol. The third-order valence-electron chi connectivity index (χ3n) is 5.00. The lowest BCUT2D eigenvalue weighted by molar-refractivity contribution is -0.132. The number of hydrazone groups is 1. The summed E-state index contributed by atoms with van der Waals surface area (Å²) in [6, 6.07) is 8.87. The van der Waals surface area contributed by atoms with Gasteiger partial charge in [0.15, 0.2) is 5.78 Å². The number of piperidine rings is 1. The van der Waals surface area contributed by atoms with Gasteiger partial charge < -0.3 is 10.2 Å². The lowest BCUT2D eigenvalue weighted by Gasteiger charge is -2.26. The molecule has 7 nitrogen and oxygen atoms in total. The fraction of sp³-hybridized carbons (Fsp3) is 0.500. The molecule has 0 radical (unpaired) electrons. The molecule has 1 unspecified atom stereocenters. The molecule has 1 N–H and O–H groups in total. The Labute approximate surface area is 159 Å². The number of hydrogen-bond acceptors (Lipinski definition) is 5. The lowest BCUT2D eigenvalue weighted by Crippen LogP contribution is -2.39. The Bertz CT molecular complexity index is 726. The summed E-state index contributed by atoms with van der Waals surface area (Å²) in [7, 11) is 0. The van der Waals surface area contributed by atoms with Crippen molar-refractivity contribution in [2.75, 3.05) is 24.6 Å². The molecule has 2 amide bonds. The van der Waals surface area contributed by atoms with E-state index in [9.17, 15) is 14.4 Å². The van der Waals surface area contributed by atoms with Crippen LogP contribution in [-0.2, 0) is 14.4 Å². The van der Waals surface area contributed by atoms with Gasteiger partial charge in [-0.15, -0.1) is 0 Å². The molecule has 1 saturated heterocycles. The Balaban J connectivity index is 1.56. The van der Waals surface area contributed by atoms with Crippen LogP contribution in [0.15, 0.2) is 35.4 Å². The number of nitrogens with one attached hydrogen (secondary N) is 1. The number of para-hydroxylation sites is 1. The SMILES string of the molecule is CC(=O)C1CC(C(=O)NCCC(=O)N2CCCCC2)=NN1c1ccccc1. The first kappa shape index (κ1) is 19.1. The molecule has 0 bridgehead atoms. The largest absolute Gasteiger partial charge is 0.350 e. The standard InChI is InChI=1S/C20H26N4O3/c1-15(25)18-14-17(22-24(18)16-8-4-2-5-9-16)20(27)21-11-10-19(26)23-12-6-3-7-13-23/h2,4-5,8-9,18H,3,6-7,10-14H2,1H3,(H,21,27). The third kappa shape index (κ3) is 4.72. The van der Waals surface area contributed by atoms with E-state index in [4.69, 9.17) is 0 Å². The Morgan fingerprint density at radius 1 is 1.11 bits per heavy atom. The van der Waals surface area contributed by atoms with Gasteiger partial charge in [-0.25, -0.2) is 0 Å². The first-order valence-electron chi connectivity index (χ1n) is 9.54. The van der Waals surface area contributed by atoms with Crippen molar-refractivity contribution < 1.29 is 14.4 Å². The molecule has 2 aliphatic heterocycles. The summed E-state index contributed by atoms with van der Waals surface area (Å²) in [5.74, 6) is -0.271. The molecule has 3 rings (SSSR count). The van der Waals surface area contributed by atoms with E-state index in [0.717, 1.165) is 31.6 Å². The van der Waals surface area contributed by atoms with Gasteiger partial charge in [-0.3, -0.25) is 19.4 Å². The van der Waals surface area contributed by atoms with Gasteiger partial charge in [0, 0.05) is 32.5 Å². The Morgan fingerprint density at radius 2 is 1.81 bits per heavy atom. The molecule has 1 aromatic carbocycles. The first-order chi connectivity index (χ1) is 13.1. The van der Waals surface area contributed by atoms with E-state index in [0.29, 0.717) is 5.71 Å².